The number of methoxy groups -OCH3 is 1. The van der Waals surface area contributed by atoms with Gasteiger partial charge < -0.3 is 31.5 Å². The zero-order valence-corrected chi connectivity index (χ0v) is 22.7. The number of nitrogens with zero attached hydrogens (tertiary/aromatic N) is 5. The van der Waals surface area contributed by atoms with Crippen LogP contribution in [0.4, 0.5) is 24.7 Å². The molecule has 11 nitrogen and oxygen atoms in total. The Morgan fingerprint density at radius 1 is 1.20 bits per heavy atom. The smallest absolute Gasteiger partial charge is 0.417 e. The molecule has 4 aromatic rings. The van der Waals surface area contributed by atoms with Gasteiger partial charge in [0.2, 0.25) is 0 Å². The summed E-state index contributed by atoms with van der Waals surface area (Å²) in [6.45, 7) is 1.16. The number of aromatic nitrogens is 4. The minimum absolute atomic E-state index is 0.0162. The molecule has 1 amide bonds. The SMILES string of the molecule is COc1ncc(-c2ccc(C(O)CNC3CCN(c4cc(C(F)(F)F)c5c(N)c(C(N)=O)sc5n4)CC3)nc2)cn1. The average Bonchev–Trinajstić information content (AvgIpc) is 3.31. The number of aliphatic hydroxyl groups excluding tert-OH is 1. The van der Waals surface area contributed by atoms with Crippen LogP contribution in [-0.2, 0) is 6.18 Å². The number of ether oxygens (including phenoxy) is 1. The van der Waals surface area contributed by atoms with Gasteiger partial charge in [-0.3, -0.25) is 9.78 Å². The van der Waals surface area contributed by atoms with E-state index in [9.17, 15) is 23.1 Å². The zero-order valence-electron chi connectivity index (χ0n) is 21.9. The van der Waals surface area contributed by atoms with Crippen molar-refractivity contribution in [2.45, 2.75) is 31.2 Å². The topological polar surface area (TPSA) is 165 Å². The number of carbonyl (C=O) groups is 1. The van der Waals surface area contributed by atoms with Crippen molar-refractivity contribution in [2.75, 3.05) is 37.4 Å². The molecule has 4 aromatic heterocycles. The minimum atomic E-state index is -4.69. The lowest BCUT2D eigenvalue weighted by Gasteiger charge is -2.34. The van der Waals surface area contributed by atoms with Crippen molar-refractivity contribution >= 4 is 39.0 Å². The van der Waals surface area contributed by atoms with Crippen molar-refractivity contribution in [2.24, 2.45) is 5.73 Å². The molecule has 1 aliphatic rings. The molecule has 1 aliphatic heterocycles. The summed E-state index contributed by atoms with van der Waals surface area (Å²) >= 11 is 0.757. The molecule has 1 atom stereocenters. The van der Waals surface area contributed by atoms with Gasteiger partial charge in [-0.05, 0) is 25.0 Å². The molecule has 6 N–H and O–H groups in total. The van der Waals surface area contributed by atoms with Gasteiger partial charge >= 0.3 is 12.2 Å². The molecule has 41 heavy (non-hydrogen) atoms. The molecule has 5 rings (SSSR count). The Morgan fingerprint density at radius 3 is 2.46 bits per heavy atom. The maximum Gasteiger partial charge on any atom is 0.417 e. The fourth-order valence-corrected chi connectivity index (χ4v) is 5.68. The van der Waals surface area contributed by atoms with Crippen LogP contribution in [0.2, 0.25) is 0 Å². The molecule has 0 radical (unpaired) electrons. The maximum absolute atomic E-state index is 13.9. The summed E-state index contributed by atoms with van der Waals surface area (Å²) < 4.78 is 46.7. The zero-order chi connectivity index (χ0) is 29.3. The van der Waals surface area contributed by atoms with Gasteiger partial charge in [0.1, 0.15) is 21.6 Å². The first-order valence-electron chi connectivity index (χ1n) is 12.6. The lowest BCUT2D eigenvalue weighted by atomic mass is 10.0. The third-order valence-electron chi connectivity index (χ3n) is 6.91. The van der Waals surface area contributed by atoms with Gasteiger partial charge in [0.15, 0.2) is 0 Å². The number of nitrogens with one attached hydrogen (secondary N) is 1. The number of halogens is 3. The van der Waals surface area contributed by atoms with Crippen LogP contribution >= 0.6 is 11.3 Å². The highest BCUT2D eigenvalue weighted by Gasteiger charge is 2.37. The molecule has 0 aromatic carbocycles. The Kier molecular flexibility index (Phi) is 7.93. The molecule has 0 saturated carbocycles. The summed E-state index contributed by atoms with van der Waals surface area (Å²) in [5.74, 6) is -0.737. The van der Waals surface area contributed by atoms with Crippen molar-refractivity contribution in [1.29, 1.82) is 0 Å². The summed E-state index contributed by atoms with van der Waals surface area (Å²) in [5, 5.41) is 13.7. The molecule has 0 spiro atoms. The van der Waals surface area contributed by atoms with Gasteiger partial charge in [-0.1, -0.05) is 6.07 Å². The molecule has 1 unspecified atom stereocenters. The molecule has 216 valence electrons. The first-order valence-corrected chi connectivity index (χ1v) is 13.5. The van der Waals surface area contributed by atoms with E-state index in [0.717, 1.165) is 28.5 Å². The summed E-state index contributed by atoms with van der Waals surface area (Å²) in [6, 6.07) is 4.83. The fourth-order valence-electron chi connectivity index (χ4n) is 4.72. The van der Waals surface area contributed by atoms with Crippen LogP contribution in [0.15, 0.2) is 36.8 Å². The number of rotatable bonds is 8. The van der Waals surface area contributed by atoms with Gasteiger partial charge in [-0.25, -0.2) is 15.0 Å². The van der Waals surface area contributed by atoms with E-state index in [0.29, 0.717) is 31.6 Å². The lowest BCUT2D eigenvalue weighted by Crippen LogP contribution is -2.44. The number of hydrogen-bond donors (Lipinski definition) is 4. The van der Waals surface area contributed by atoms with Crippen LogP contribution in [-0.4, -0.2) is 63.7 Å². The van der Waals surface area contributed by atoms with Crippen molar-refractivity contribution in [3.63, 3.8) is 0 Å². The monoisotopic (exact) mass is 588 g/mol. The third-order valence-corrected chi connectivity index (χ3v) is 8.02. The number of thiophene rings is 1. The second-order valence-corrected chi connectivity index (χ2v) is 10.5. The van der Waals surface area contributed by atoms with Crippen molar-refractivity contribution < 1.29 is 27.8 Å². The molecule has 1 saturated heterocycles. The van der Waals surface area contributed by atoms with E-state index in [1.54, 1.807) is 29.6 Å². The number of amides is 1. The van der Waals surface area contributed by atoms with Crippen molar-refractivity contribution in [3.05, 3.63) is 52.9 Å². The summed E-state index contributed by atoms with van der Waals surface area (Å²) in [5.41, 5.74) is 11.9. The summed E-state index contributed by atoms with van der Waals surface area (Å²) in [6.07, 6.45) is 0.584. The highest BCUT2D eigenvalue weighted by molar-refractivity contribution is 7.21. The number of pyridine rings is 2. The standard InChI is InChI=1S/C26H27F3N8O3S/c1-40-25-34-10-14(11-35-25)13-2-3-17(33-9-13)18(38)12-32-15-4-6-37(7-5-15)19-8-16(26(27,28)29)20-21(30)22(23(31)39)41-24(20)36-19/h2-3,8-11,15,18,32,38H,4-7,12,30H2,1H3,(H2,31,39). The largest absolute Gasteiger partial charge is 0.467 e. The van der Waals surface area contributed by atoms with E-state index in [2.05, 4.69) is 25.3 Å². The van der Waals surface area contributed by atoms with E-state index >= 15 is 0 Å². The highest BCUT2D eigenvalue weighted by atomic mass is 32.1. The van der Waals surface area contributed by atoms with E-state index in [4.69, 9.17) is 16.2 Å². The molecular formula is C26H27F3N8O3S. The second kappa shape index (κ2) is 11.4. The van der Waals surface area contributed by atoms with Gasteiger partial charge in [0, 0.05) is 60.8 Å². The van der Waals surface area contributed by atoms with Crippen LogP contribution in [0, 0.1) is 0 Å². The predicted molar refractivity (Wildman–Crippen MR) is 148 cm³/mol. The minimum Gasteiger partial charge on any atom is -0.467 e. The van der Waals surface area contributed by atoms with Gasteiger partial charge in [-0.15, -0.1) is 11.3 Å². The van der Waals surface area contributed by atoms with Gasteiger partial charge in [0.05, 0.1) is 24.1 Å². The molecular weight excluding hydrogens is 561 g/mol. The molecule has 15 heteroatoms. The number of nitrogen functional groups attached to an aromatic ring is 1. The first-order chi connectivity index (χ1) is 19.5. The van der Waals surface area contributed by atoms with E-state index in [1.807, 2.05) is 6.07 Å². The maximum atomic E-state index is 13.9. The number of aliphatic hydroxyl groups is 1. The average molecular weight is 589 g/mol. The molecule has 1 fully saturated rings. The Hall–Kier alpha value is -4.08. The number of nitrogens with two attached hydrogens (primary N) is 2. The van der Waals surface area contributed by atoms with Gasteiger partial charge in [0.25, 0.3) is 5.91 Å². The van der Waals surface area contributed by atoms with Crippen LogP contribution in [0.1, 0.15) is 39.9 Å². The van der Waals surface area contributed by atoms with Crippen LogP contribution in [0.25, 0.3) is 21.3 Å². The highest BCUT2D eigenvalue weighted by Crippen LogP contribution is 2.43. The Balaban J connectivity index is 1.20. The summed E-state index contributed by atoms with van der Waals surface area (Å²) in [4.78, 5) is 30.2. The second-order valence-electron chi connectivity index (χ2n) is 9.53. The van der Waals surface area contributed by atoms with Crippen molar-refractivity contribution in [1.82, 2.24) is 25.3 Å². The quantitative estimate of drug-likeness (QED) is 0.240. The molecule has 0 aliphatic carbocycles. The number of hydrogen-bond acceptors (Lipinski definition) is 11. The predicted octanol–water partition coefficient (Wildman–Crippen LogP) is 3.15. The number of fused-ring (bicyclic) bond motifs is 1. The van der Waals surface area contributed by atoms with Crippen LogP contribution in [0.3, 0.4) is 0 Å². The number of anilines is 2. The van der Waals surface area contributed by atoms with E-state index < -0.39 is 23.8 Å². The Bertz CT molecular complexity index is 1540. The molecule has 5 heterocycles. The van der Waals surface area contributed by atoms with Crippen molar-refractivity contribution in [3.8, 4) is 17.1 Å². The fraction of sp³-hybridized carbons (Fsp3) is 0.346. The number of carbonyl (C=O) groups excluding carboxylic acids is 1. The van der Waals surface area contributed by atoms with E-state index in [1.165, 1.54) is 7.11 Å². The first kappa shape index (κ1) is 28.4. The van der Waals surface area contributed by atoms with E-state index in [-0.39, 0.29) is 45.2 Å². The summed E-state index contributed by atoms with van der Waals surface area (Å²) in [7, 11) is 1.49. The Labute approximate surface area is 236 Å². The van der Waals surface area contributed by atoms with Crippen LogP contribution in [0.5, 0.6) is 6.01 Å². The lowest BCUT2D eigenvalue weighted by molar-refractivity contribution is -0.136. The number of piperidine rings is 1. The third kappa shape index (κ3) is 6.01. The van der Waals surface area contributed by atoms with Gasteiger partial charge in [-0.2, -0.15) is 13.2 Å². The normalized spacial score (nSPS) is 15.3. The Morgan fingerprint density at radius 2 is 1.88 bits per heavy atom. The van der Waals surface area contributed by atoms with Crippen LogP contribution < -0.4 is 26.4 Å². The number of alkyl halides is 3. The number of primary amides is 1. The molecule has 0 bridgehead atoms.